The molecule has 0 bridgehead atoms. The van der Waals surface area contributed by atoms with Gasteiger partial charge in [-0.25, -0.2) is 4.98 Å². The number of nitrogens with one attached hydrogen (secondary N) is 1. The van der Waals surface area contributed by atoms with Crippen LogP contribution in [0.2, 0.25) is 0 Å². The van der Waals surface area contributed by atoms with Crippen molar-refractivity contribution in [3.63, 3.8) is 0 Å². The van der Waals surface area contributed by atoms with Crippen LogP contribution in [0.25, 0.3) is 0 Å². The summed E-state index contributed by atoms with van der Waals surface area (Å²) in [6, 6.07) is 0.648. The van der Waals surface area contributed by atoms with Crippen LogP contribution in [0.1, 0.15) is 24.6 Å². The Morgan fingerprint density at radius 1 is 1.56 bits per heavy atom. The third-order valence-corrected chi connectivity index (χ3v) is 4.08. The number of hydrogen-bond acceptors (Lipinski definition) is 4. The van der Waals surface area contributed by atoms with Crippen LogP contribution in [0.3, 0.4) is 0 Å². The van der Waals surface area contributed by atoms with Crippen LogP contribution < -0.4 is 5.32 Å². The second-order valence-corrected chi connectivity index (χ2v) is 5.31. The first kappa shape index (κ1) is 12.1. The van der Waals surface area contributed by atoms with Gasteiger partial charge in [-0.1, -0.05) is 0 Å². The molecule has 2 aliphatic rings. The Balaban J connectivity index is 1.70. The molecule has 2 aliphatic heterocycles. The summed E-state index contributed by atoms with van der Waals surface area (Å²) in [5.74, 6) is 0. The highest BCUT2D eigenvalue weighted by atomic mass is 16.5. The lowest BCUT2D eigenvalue weighted by Gasteiger charge is -2.26. The maximum Gasteiger partial charge on any atom is 0.111 e. The lowest BCUT2D eigenvalue weighted by Crippen LogP contribution is -2.35. The molecule has 100 valence electrons. The van der Waals surface area contributed by atoms with Crippen molar-refractivity contribution in [2.75, 3.05) is 33.3 Å². The second-order valence-electron chi connectivity index (χ2n) is 5.31. The molecule has 0 aliphatic carbocycles. The number of aromatic nitrogens is 2. The summed E-state index contributed by atoms with van der Waals surface area (Å²) >= 11 is 0. The smallest absolute Gasteiger partial charge is 0.111 e. The van der Waals surface area contributed by atoms with Gasteiger partial charge in [0, 0.05) is 25.7 Å². The predicted octanol–water partition coefficient (Wildman–Crippen LogP) is 0.638. The first-order valence-corrected chi connectivity index (χ1v) is 6.87. The first-order chi connectivity index (χ1) is 8.84. The molecule has 0 spiro atoms. The fraction of sp³-hybridized carbons (Fsp3) is 0.769. The molecule has 0 radical (unpaired) electrons. The van der Waals surface area contributed by atoms with Crippen molar-refractivity contribution in [3.8, 4) is 0 Å². The Hall–Kier alpha value is -0.910. The van der Waals surface area contributed by atoms with E-state index in [1.54, 1.807) is 0 Å². The number of likely N-dealkylation sites (tertiary alicyclic amines) is 1. The largest absolute Gasteiger partial charge is 0.369 e. The molecule has 0 aromatic carbocycles. The maximum absolute atomic E-state index is 5.82. The number of hydrogen-bond donors (Lipinski definition) is 1. The summed E-state index contributed by atoms with van der Waals surface area (Å²) in [6.45, 7) is 4.89. The predicted molar refractivity (Wildman–Crippen MR) is 69.4 cm³/mol. The van der Waals surface area contributed by atoms with Crippen molar-refractivity contribution in [1.29, 1.82) is 0 Å². The van der Waals surface area contributed by atoms with Crippen molar-refractivity contribution in [2.24, 2.45) is 0 Å². The van der Waals surface area contributed by atoms with Gasteiger partial charge in [-0.15, -0.1) is 0 Å². The number of nitrogens with zero attached hydrogens (tertiary/aromatic N) is 3. The van der Waals surface area contributed by atoms with Crippen LogP contribution in [0.5, 0.6) is 0 Å². The van der Waals surface area contributed by atoms with Crippen molar-refractivity contribution in [3.05, 3.63) is 18.2 Å². The summed E-state index contributed by atoms with van der Waals surface area (Å²) in [6.07, 6.45) is 6.66. The van der Waals surface area contributed by atoms with Crippen LogP contribution in [0.15, 0.2) is 12.5 Å². The minimum absolute atomic E-state index is 0.160. The SMILES string of the molecule is CN1CCCC1Cn1cncc1C1CNCCO1. The highest BCUT2D eigenvalue weighted by molar-refractivity contribution is 5.05. The average Bonchev–Trinajstić information content (AvgIpc) is 3.01. The summed E-state index contributed by atoms with van der Waals surface area (Å²) in [5, 5.41) is 3.38. The molecule has 18 heavy (non-hydrogen) atoms. The summed E-state index contributed by atoms with van der Waals surface area (Å²) < 4.78 is 8.09. The lowest BCUT2D eigenvalue weighted by atomic mass is 10.2. The molecule has 1 aromatic heterocycles. The van der Waals surface area contributed by atoms with Crippen LogP contribution in [-0.4, -0.2) is 53.8 Å². The van der Waals surface area contributed by atoms with Gasteiger partial charge in [-0.2, -0.15) is 0 Å². The Labute approximate surface area is 108 Å². The van der Waals surface area contributed by atoms with Crippen LogP contribution in [0, 0.1) is 0 Å². The molecule has 2 saturated heterocycles. The monoisotopic (exact) mass is 250 g/mol. The lowest BCUT2D eigenvalue weighted by molar-refractivity contribution is 0.0222. The van der Waals surface area contributed by atoms with Gasteiger partial charge in [0.2, 0.25) is 0 Å². The van der Waals surface area contributed by atoms with E-state index in [1.807, 2.05) is 12.5 Å². The van der Waals surface area contributed by atoms with Gasteiger partial charge in [0.05, 0.1) is 24.8 Å². The molecule has 2 fully saturated rings. The van der Waals surface area contributed by atoms with E-state index >= 15 is 0 Å². The Morgan fingerprint density at radius 3 is 3.22 bits per heavy atom. The van der Waals surface area contributed by atoms with E-state index in [9.17, 15) is 0 Å². The van der Waals surface area contributed by atoms with Gasteiger partial charge in [-0.05, 0) is 26.4 Å². The molecule has 0 saturated carbocycles. The number of likely N-dealkylation sites (N-methyl/N-ethyl adjacent to an activating group) is 1. The van der Waals surface area contributed by atoms with E-state index in [0.29, 0.717) is 6.04 Å². The fourth-order valence-corrected chi connectivity index (χ4v) is 2.94. The second kappa shape index (κ2) is 5.38. The molecule has 5 heteroatoms. The minimum atomic E-state index is 0.160. The van der Waals surface area contributed by atoms with Crippen molar-refractivity contribution in [1.82, 2.24) is 19.8 Å². The van der Waals surface area contributed by atoms with E-state index in [2.05, 4.69) is 26.8 Å². The fourth-order valence-electron chi connectivity index (χ4n) is 2.94. The number of rotatable bonds is 3. The van der Waals surface area contributed by atoms with Crippen molar-refractivity contribution >= 4 is 0 Å². The van der Waals surface area contributed by atoms with E-state index in [1.165, 1.54) is 25.1 Å². The van der Waals surface area contributed by atoms with Crippen molar-refractivity contribution in [2.45, 2.75) is 31.5 Å². The molecule has 2 atom stereocenters. The topological polar surface area (TPSA) is 42.3 Å². The van der Waals surface area contributed by atoms with Crippen LogP contribution in [0.4, 0.5) is 0 Å². The van der Waals surface area contributed by atoms with E-state index in [0.717, 1.165) is 26.2 Å². The van der Waals surface area contributed by atoms with E-state index < -0.39 is 0 Å². The standard InChI is InChI=1S/C13H22N4O/c1-16-5-2-3-11(16)9-17-10-15-7-12(17)13-8-14-4-6-18-13/h7,10-11,13-14H,2-6,8-9H2,1H3. The Kier molecular flexibility index (Phi) is 3.63. The average molecular weight is 250 g/mol. The summed E-state index contributed by atoms with van der Waals surface area (Å²) in [7, 11) is 2.22. The molecular weight excluding hydrogens is 228 g/mol. The van der Waals surface area contributed by atoms with Gasteiger partial charge in [0.1, 0.15) is 6.10 Å². The third-order valence-electron chi connectivity index (χ3n) is 4.08. The molecule has 2 unspecified atom stereocenters. The Bertz CT molecular complexity index is 386. The van der Waals surface area contributed by atoms with Crippen LogP contribution in [-0.2, 0) is 11.3 Å². The van der Waals surface area contributed by atoms with E-state index in [-0.39, 0.29) is 6.10 Å². The molecular formula is C13H22N4O. The molecule has 1 aromatic rings. The van der Waals surface area contributed by atoms with Crippen LogP contribution >= 0.6 is 0 Å². The van der Waals surface area contributed by atoms with E-state index in [4.69, 9.17) is 4.74 Å². The molecule has 0 amide bonds. The third kappa shape index (κ3) is 2.43. The van der Waals surface area contributed by atoms with Gasteiger partial charge in [-0.3, -0.25) is 0 Å². The zero-order valence-electron chi connectivity index (χ0n) is 11.0. The highest BCUT2D eigenvalue weighted by Crippen LogP contribution is 2.22. The highest BCUT2D eigenvalue weighted by Gasteiger charge is 2.24. The quantitative estimate of drug-likeness (QED) is 0.855. The number of morpholine rings is 1. The van der Waals surface area contributed by atoms with Gasteiger partial charge >= 0.3 is 0 Å². The van der Waals surface area contributed by atoms with Gasteiger partial charge in [0.15, 0.2) is 0 Å². The number of imidazole rings is 1. The molecule has 1 N–H and O–H groups in total. The zero-order chi connectivity index (χ0) is 12.4. The number of ether oxygens (including phenoxy) is 1. The van der Waals surface area contributed by atoms with Gasteiger partial charge < -0.3 is 19.5 Å². The minimum Gasteiger partial charge on any atom is -0.369 e. The zero-order valence-corrected chi connectivity index (χ0v) is 11.0. The maximum atomic E-state index is 5.82. The first-order valence-electron chi connectivity index (χ1n) is 6.87. The van der Waals surface area contributed by atoms with Crippen molar-refractivity contribution < 1.29 is 4.74 Å². The molecule has 3 rings (SSSR count). The molecule has 5 nitrogen and oxygen atoms in total. The molecule has 3 heterocycles. The normalized spacial score (nSPS) is 29.8. The Morgan fingerprint density at radius 2 is 2.50 bits per heavy atom. The summed E-state index contributed by atoms with van der Waals surface area (Å²) in [5.41, 5.74) is 1.21. The summed E-state index contributed by atoms with van der Waals surface area (Å²) in [4.78, 5) is 6.75. The van der Waals surface area contributed by atoms with Gasteiger partial charge in [0.25, 0.3) is 0 Å².